The quantitative estimate of drug-likeness (QED) is 0.617. The summed E-state index contributed by atoms with van der Waals surface area (Å²) < 4.78 is 44.4. The molecule has 122 valence electrons. The molecule has 2 unspecified atom stereocenters. The van der Waals surface area contributed by atoms with Crippen molar-refractivity contribution in [2.24, 2.45) is 5.73 Å². The van der Waals surface area contributed by atoms with Crippen LogP contribution in [0.3, 0.4) is 0 Å². The van der Waals surface area contributed by atoms with Crippen molar-refractivity contribution in [1.82, 2.24) is 9.80 Å². The number of piperazine rings is 1. The molecule has 9 heteroatoms. The standard InChI is InChI=1S/C12H21N3O.BF4/c1-14-5-7-15(8-6-14)10-3-4-11(13)12(9-10)16-2;2-1(3,4)5/h3-4,9,11-12H,5-8,13H2,1-2H3;/q;-1. The van der Waals surface area contributed by atoms with Crippen LogP contribution in [0.1, 0.15) is 0 Å². The van der Waals surface area contributed by atoms with E-state index in [-0.39, 0.29) is 12.1 Å². The normalized spacial score (nSPS) is 27.0. The van der Waals surface area contributed by atoms with Gasteiger partial charge < -0.3 is 37.5 Å². The number of nitrogens with two attached hydrogens (primary N) is 1. The fraction of sp³-hybridized carbons (Fsp3) is 0.667. The van der Waals surface area contributed by atoms with Gasteiger partial charge in [0.05, 0.1) is 12.1 Å². The van der Waals surface area contributed by atoms with Gasteiger partial charge in [-0.2, -0.15) is 0 Å². The van der Waals surface area contributed by atoms with Gasteiger partial charge in [0.2, 0.25) is 0 Å². The van der Waals surface area contributed by atoms with Crippen molar-refractivity contribution in [2.45, 2.75) is 12.1 Å². The monoisotopic (exact) mass is 310 g/mol. The number of hydrogen-bond donors (Lipinski definition) is 1. The van der Waals surface area contributed by atoms with Crippen LogP contribution in [0, 0.1) is 0 Å². The van der Waals surface area contributed by atoms with Gasteiger partial charge in [-0.25, -0.2) is 0 Å². The number of allylic oxidation sites excluding steroid dienone is 1. The van der Waals surface area contributed by atoms with E-state index in [0.29, 0.717) is 0 Å². The number of ether oxygens (including phenoxy) is 1. The highest BCUT2D eigenvalue weighted by atomic mass is 19.5. The zero-order valence-electron chi connectivity index (χ0n) is 12.2. The highest BCUT2D eigenvalue weighted by molar-refractivity contribution is 6.50. The zero-order valence-corrected chi connectivity index (χ0v) is 12.2. The molecule has 2 N–H and O–H groups in total. The number of methoxy groups -OCH3 is 1. The smallest absolute Gasteiger partial charge is 0.418 e. The van der Waals surface area contributed by atoms with Crippen LogP contribution in [0.5, 0.6) is 0 Å². The molecule has 1 aliphatic heterocycles. The summed E-state index contributed by atoms with van der Waals surface area (Å²) in [4.78, 5) is 4.75. The van der Waals surface area contributed by atoms with Crippen molar-refractivity contribution in [2.75, 3.05) is 40.3 Å². The Hall–Kier alpha value is -1.06. The number of likely N-dealkylation sites (N-methyl/N-ethyl adjacent to an activating group) is 1. The van der Waals surface area contributed by atoms with Gasteiger partial charge in [0, 0.05) is 39.0 Å². The van der Waals surface area contributed by atoms with Gasteiger partial charge in [0.1, 0.15) is 0 Å². The summed E-state index contributed by atoms with van der Waals surface area (Å²) in [7, 11) is -2.13. The topological polar surface area (TPSA) is 41.7 Å². The third kappa shape index (κ3) is 6.97. The first-order chi connectivity index (χ1) is 9.70. The van der Waals surface area contributed by atoms with E-state index >= 15 is 0 Å². The van der Waals surface area contributed by atoms with Crippen LogP contribution in [-0.2, 0) is 4.74 Å². The van der Waals surface area contributed by atoms with E-state index in [0.717, 1.165) is 26.2 Å². The van der Waals surface area contributed by atoms with Crippen molar-refractivity contribution >= 4 is 7.25 Å². The fourth-order valence-corrected chi connectivity index (χ4v) is 2.15. The van der Waals surface area contributed by atoms with Crippen molar-refractivity contribution in [3.05, 3.63) is 23.9 Å². The Morgan fingerprint density at radius 2 is 1.71 bits per heavy atom. The van der Waals surface area contributed by atoms with E-state index in [4.69, 9.17) is 10.5 Å². The van der Waals surface area contributed by atoms with Gasteiger partial charge in [-0.3, -0.25) is 0 Å². The van der Waals surface area contributed by atoms with Gasteiger partial charge in [0.25, 0.3) is 0 Å². The molecule has 0 bridgehead atoms. The Balaban J connectivity index is 0.000000383. The van der Waals surface area contributed by atoms with Crippen LogP contribution in [0.15, 0.2) is 23.9 Å². The maximum Gasteiger partial charge on any atom is 0.673 e. The van der Waals surface area contributed by atoms with E-state index in [1.807, 2.05) is 6.08 Å². The summed E-state index contributed by atoms with van der Waals surface area (Å²) in [6, 6.07) is -0.0128. The van der Waals surface area contributed by atoms with Gasteiger partial charge in [-0.1, -0.05) is 6.08 Å². The molecule has 2 aliphatic rings. The van der Waals surface area contributed by atoms with Crippen molar-refractivity contribution in [1.29, 1.82) is 0 Å². The Kier molecular flexibility index (Phi) is 6.69. The lowest BCUT2D eigenvalue weighted by molar-refractivity contribution is 0.123. The summed E-state index contributed by atoms with van der Waals surface area (Å²) in [5.41, 5.74) is 7.17. The van der Waals surface area contributed by atoms with Crippen LogP contribution in [0.2, 0.25) is 0 Å². The van der Waals surface area contributed by atoms with Crippen molar-refractivity contribution < 1.29 is 22.0 Å². The molecule has 1 fully saturated rings. The number of nitrogens with zero attached hydrogens (tertiary/aromatic N) is 2. The molecule has 1 aliphatic carbocycles. The average molecular weight is 310 g/mol. The first-order valence-electron chi connectivity index (χ1n) is 6.70. The number of hydrogen-bond acceptors (Lipinski definition) is 4. The van der Waals surface area contributed by atoms with E-state index in [9.17, 15) is 17.3 Å². The highest BCUT2D eigenvalue weighted by Crippen LogP contribution is 2.17. The minimum atomic E-state index is -6.00. The third-order valence-electron chi connectivity index (χ3n) is 3.34. The van der Waals surface area contributed by atoms with Gasteiger partial charge in [-0.05, 0) is 19.2 Å². The molecule has 2 atom stereocenters. The van der Waals surface area contributed by atoms with E-state index < -0.39 is 7.25 Å². The SMILES string of the molecule is COC1C=C(N2CCN(C)CC2)C=CC1N.F[B-](F)(F)F. The molecule has 0 amide bonds. The molecule has 1 saturated heterocycles. The van der Waals surface area contributed by atoms with E-state index in [1.165, 1.54) is 5.70 Å². The van der Waals surface area contributed by atoms with Gasteiger partial charge >= 0.3 is 7.25 Å². The fourth-order valence-electron chi connectivity index (χ4n) is 2.15. The van der Waals surface area contributed by atoms with Gasteiger partial charge in [-0.15, -0.1) is 0 Å². The molecule has 0 aromatic rings. The molecular formula is C12H21BF4N3O-. The van der Waals surface area contributed by atoms with Crippen LogP contribution in [0.25, 0.3) is 0 Å². The minimum absolute atomic E-state index is 0.0128. The summed E-state index contributed by atoms with van der Waals surface area (Å²) >= 11 is 0. The minimum Gasteiger partial charge on any atom is -0.418 e. The van der Waals surface area contributed by atoms with E-state index in [1.54, 1.807) is 7.11 Å². The van der Waals surface area contributed by atoms with Gasteiger partial charge in [0.15, 0.2) is 0 Å². The van der Waals surface area contributed by atoms with Crippen molar-refractivity contribution in [3.8, 4) is 0 Å². The molecule has 2 rings (SSSR count). The number of rotatable bonds is 2. The van der Waals surface area contributed by atoms with Crippen molar-refractivity contribution in [3.63, 3.8) is 0 Å². The highest BCUT2D eigenvalue weighted by Gasteiger charge is 2.21. The zero-order chi connectivity index (χ0) is 16.0. The second-order valence-corrected chi connectivity index (χ2v) is 5.01. The Bertz CT molecular complexity index is 375. The summed E-state index contributed by atoms with van der Waals surface area (Å²) in [5, 5.41) is 0. The molecule has 4 nitrogen and oxygen atoms in total. The molecule has 0 saturated carbocycles. The summed E-state index contributed by atoms with van der Waals surface area (Å²) in [6.45, 7) is 4.40. The third-order valence-corrected chi connectivity index (χ3v) is 3.34. The maximum absolute atomic E-state index is 9.75. The molecule has 0 radical (unpaired) electrons. The Morgan fingerprint density at radius 1 is 1.19 bits per heavy atom. The van der Waals surface area contributed by atoms with Crippen LogP contribution in [0.4, 0.5) is 17.3 Å². The molecular weight excluding hydrogens is 289 g/mol. The lowest BCUT2D eigenvalue weighted by Gasteiger charge is -2.36. The van der Waals surface area contributed by atoms with Crippen LogP contribution < -0.4 is 5.73 Å². The molecule has 1 heterocycles. The predicted octanol–water partition coefficient (Wildman–Crippen LogP) is 1.33. The first kappa shape index (κ1) is 18.0. The maximum atomic E-state index is 9.75. The molecule has 21 heavy (non-hydrogen) atoms. The number of halogens is 4. The first-order valence-corrected chi connectivity index (χ1v) is 6.70. The molecule has 0 aromatic heterocycles. The average Bonchev–Trinajstić information content (AvgIpc) is 2.38. The van der Waals surface area contributed by atoms with Crippen LogP contribution >= 0.6 is 0 Å². The largest absolute Gasteiger partial charge is 0.673 e. The van der Waals surface area contributed by atoms with E-state index in [2.05, 4.69) is 29.0 Å². The summed E-state index contributed by atoms with van der Waals surface area (Å²) in [5.74, 6) is 0. The Morgan fingerprint density at radius 3 is 2.19 bits per heavy atom. The molecule has 0 spiro atoms. The second-order valence-electron chi connectivity index (χ2n) is 5.01. The Labute approximate surface area is 122 Å². The lowest BCUT2D eigenvalue weighted by Crippen LogP contribution is -2.45. The second kappa shape index (κ2) is 7.81. The predicted molar refractivity (Wildman–Crippen MR) is 75.3 cm³/mol. The van der Waals surface area contributed by atoms with Crippen LogP contribution in [-0.4, -0.2) is 69.5 Å². The molecule has 0 aromatic carbocycles. The summed E-state index contributed by atoms with van der Waals surface area (Å²) in [6.07, 6.45) is 6.29. The lowest BCUT2D eigenvalue weighted by atomic mass is 10.0.